The number of nitrogens with one attached hydrogen (secondary N) is 1. The second-order valence-corrected chi connectivity index (χ2v) is 12.1. The number of aromatic nitrogens is 8. The minimum absolute atomic E-state index is 0. The van der Waals surface area contributed by atoms with Crippen LogP contribution in [0.1, 0.15) is 0 Å². The van der Waals surface area contributed by atoms with Crippen LogP contribution in [0, 0.1) is 0 Å². The van der Waals surface area contributed by atoms with E-state index in [-0.39, 0.29) is 12.4 Å². The van der Waals surface area contributed by atoms with Crippen molar-refractivity contribution in [1.82, 2.24) is 39.5 Å². The highest BCUT2D eigenvalue weighted by atomic mass is 35.5. The van der Waals surface area contributed by atoms with Gasteiger partial charge in [0.2, 0.25) is 11.8 Å². The zero-order valence-electron chi connectivity index (χ0n) is 28.5. The summed E-state index contributed by atoms with van der Waals surface area (Å²) in [6.45, 7) is 1.98. The molecule has 12 nitrogen and oxygen atoms in total. The molecular formula is C38H34Cl4N10O2. The normalized spacial score (nSPS) is 10.4. The molecule has 0 aliphatic carbocycles. The molecule has 8 rings (SSSR count). The van der Waals surface area contributed by atoms with Gasteiger partial charge in [-0.15, -0.1) is 22.6 Å². The number of rotatable bonds is 10. The first-order chi connectivity index (χ1) is 26.0. The van der Waals surface area contributed by atoms with Crippen molar-refractivity contribution in [2.24, 2.45) is 5.73 Å². The predicted molar refractivity (Wildman–Crippen MR) is 217 cm³/mol. The van der Waals surface area contributed by atoms with E-state index in [1.807, 2.05) is 109 Å². The Morgan fingerprint density at radius 3 is 1.65 bits per heavy atom. The van der Waals surface area contributed by atoms with Gasteiger partial charge in [0.15, 0.2) is 0 Å². The third-order valence-electron chi connectivity index (χ3n) is 7.38. The zero-order chi connectivity index (χ0) is 36.8. The van der Waals surface area contributed by atoms with Crippen molar-refractivity contribution in [3.8, 4) is 23.1 Å². The highest BCUT2D eigenvalue weighted by Gasteiger charge is 2.07. The van der Waals surface area contributed by atoms with Crippen LogP contribution < -0.4 is 20.5 Å². The average Bonchev–Trinajstić information content (AvgIpc) is 3.87. The number of anilines is 1. The maximum atomic E-state index is 6.19. The van der Waals surface area contributed by atoms with Gasteiger partial charge in [-0.1, -0.05) is 83.3 Å². The maximum Gasteiger partial charge on any atom is 0.233 e. The molecule has 0 aliphatic rings. The van der Waals surface area contributed by atoms with E-state index < -0.39 is 0 Å². The minimum atomic E-state index is 0. The highest BCUT2D eigenvalue weighted by molar-refractivity contribution is 6.34. The molecular weight excluding hydrogens is 770 g/mol. The van der Waals surface area contributed by atoms with Gasteiger partial charge in [0.05, 0.1) is 39.0 Å². The Morgan fingerprint density at radius 2 is 1.07 bits per heavy atom. The van der Waals surface area contributed by atoms with Crippen LogP contribution in [0.15, 0.2) is 134 Å². The largest absolute Gasteiger partial charge is 0.475 e. The Balaban J connectivity index is 0.000000170. The Morgan fingerprint density at radius 1 is 0.574 bits per heavy atom. The molecule has 4 heterocycles. The first kappa shape index (κ1) is 39.7. The van der Waals surface area contributed by atoms with Crippen LogP contribution in [0.4, 0.5) is 5.82 Å². The van der Waals surface area contributed by atoms with E-state index >= 15 is 0 Å². The number of hydrogen-bond donors (Lipinski definition) is 2. The molecule has 276 valence electrons. The Hall–Kier alpha value is -5.50. The van der Waals surface area contributed by atoms with Gasteiger partial charge in [-0.25, -0.2) is 29.3 Å². The highest BCUT2D eigenvalue weighted by Crippen LogP contribution is 2.22. The van der Waals surface area contributed by atoms with Crippen molar-refractivity contribution in [3.63, 3.8) is 0 Å². The Labute approximate surface area is 332 Å². The number of halogens is 4. The van der Waals surface area contributed by atoms with E-state index in [1.165, 1.54) is 6.33 Å². The third-order valence-corrected chi connectivity index (χ3v) is 8.32. The van der Waals surface area contributed by atoms with Crippen LogP contribution in [-0.2, 0) is 0 Å². The van der Waals surface area contributed by atoms with Crippen LogP contribution in [0.3, 0.4) is 0 Å². The van der Waals surface area contributed by atoms with Crippen molar-refractivity contribution in [2.45, 2.75) is 0 Å². The van der Waals surface area contributed by atoms with Gasteiger partial charge in [-0.05, 0) is 48.5 Å². The lowest BCUT2D eigenvalue weighted by Crippen LogP contribution is -2.13. The number of benzene rings is 4. The van der Waals surface area contributed by atoms with Crippen molar-refractivity contribution in [2.75, 3.05) is 31.6 Å². The van der Waals surface area contributed by atoms with E-state index in [1.54, 1.807) is 28.0 Å². The van der Waals surface area contributed by atoms with Gasteiger partial charge >= 0.3 is 0 Å². The standard InChI is InChI=1S/C19H16ClN5O.C11H12ClN3O.C8H5ClN2.ClH/c20-15-6-2-4-8-17(15)25-11-9-18(24-25)26-12-10-21-19-14-5-1-3-7-16(14)22-13-23-19;12-9-3-1-2-4-10(9)15-7-5-11(14-15)16-8-6-13;9-8-6-3-1-2-4-7(6)10-5-11-8;/h1-9,11,13H,10,12H2,(H,21,22,23);1-5,7H,6,8,13H2;1-5H;1H. The van der Waals surface area contributed by atoms with Gasteiger partial charge < -0.3 is 20.5 Å². The van der Waals surface area contributed by atoms with Crippen molar-refractivity contribution >= 4 is 74.8 Å². The first-order valence-corrected chi connectivity index (χ1v) is 17.5. The number of nitrogens with zero attached hydrogens (tertiary/aromatic N) is 8. The third kappa shape index (κ3) is 10.6. The smallest absolute Gasteiger partial charge is 0.233 e. The first-order valence-electron chi connectivity index (χ1n) is 16.4. The number of hydrogen-bond acceptors (Lipinski definition) is 10. The molecule has 0 spiro atoms. The lowest BCUT2D eigenvalue weighted by atomic mass is 10.2. The molecule has 0 fully saturated rings. The Bertz CT molecular complexity index is 2380. The molecule has 54 heavy (non-hydrogen) atoms. The molecule has 0 unspecified atom stereocenters. The summed E-state index contributed by atoms with van der Waals surface area (Å²) in [6, 6.07) is 34.1. The molecule has 0 aliphatic heterocycles. The molecule has 0 amide bonds. The number of nitrogens with two attached hydrogens (primary N) is 1. The SMILES string of the molecule is Cl.Clc1ccccc1-n1ccc(OCCNc2ncnc3ccccc23)n1.Clc1ncnc2ccccc12.NCCOc1ccn(-c2ccccc2Cl)n1. The molecule has 0 radical (unpaired) electrons. The molecule has 16 heteroatoms. The van der Waals surface area contributed by atoms with Crippen LogP contribution in [-0.4, -0.2) is 65.8 Å². The van der Waals surface area contributed by atoms with E-state index in [9.17, 15) is 0 Å². The summed E-state index contributed by atoms with van der Waals surface area (Å²) >= 11 is 18.0. The zero-order valence-corrected chi connectivity index (χ0v) is 31.6. The molecule has 4 aromatic carbocycles. The Kier molecular flexibility index (Phi) is 14.8. The van der Waals surface area contributed by atoms with Gasteiger partial charge in [0, 0.05) is 41.8 Å². The number of fused-ring (bicyclic) bond motifs is 2. The van der Waals surface area contributed by atoms with E-state index in [0.29, 0.717) is 53.3 Å². The summed E-state index contributed by atoms with van der Waals surface area (Å²) in [6.07, 6.45) is 6.64. The summed E-state index contributed by atoms with van der Waals surface area (Å²) in [7, 11) is 0. The molecule has 0 atom stereocenters. The van der Waals surface area contributed by atoms with Crippen molar-refractivity contribution < 1.29 is 9.47 Å². The molecule has 0 saturated heterocycles. The quantitative estimate of drug-likeness (QED) is 0.102. The molecule has 0 saturated carbocycles. The second kappa shape index (κ2) is 20.1. The van der Waals surface area contributed by atoms with Crippen molar-refractivity contribution in [3.05, 3.63) is 149 Å². The lowest BCUT2D eigenvalue weighted by molar-refractivity contribution is 0.313. The average molecular weight is 805 g/mol. The number of ether oxygens (including phenoxy) is 2. The topological polar surface area (TPSA) is 144 Å². The van der Waals surface area contributed by atoms with Gasteiger partial charge in [0.25, 0.3) is 0 Å². The molecule has 4 aromatic heterocycles. The molecule has 8 aromatic rings. The van der Waals surface area contributed by atoms with Crippen LogP contribution in [0.5, 0.6) is 11.8 Å². The fraction of sp³-hybridized carbons (Fsp3) is 0.105. The summed E-state index contributed by atoms with van der Waals surface area (Å²) in [5, 5.41) is 15.6. The summed E-state index contributed by atoms with van der Waals surface area (Å²) < 4.78 is 14.4. The van der Waals surface area contributed by atoms with E-state index in [0.717, 1.165) is 39.0 Å². The van der Waals surface area contributed by atoms with E-state index in [2.05, 4.69) is 35.5 Å². The summed E-state index contributed by atoms with van der Waals surface area (Å²) in [4.78, 5) is 16.5. The van der Waals surface area contributed by atoms with Crippen LogP contribution in [0.25, 0.3) is 33.2 Å². The fourth-order valence-electron chi connectivity index (χ4n) is 4.92. The molecule has 0 bridgehead atoms. The monoisotopic (exact) mass is 802 g/mol. The molecule has 3 N–H and O–H groups in total. The second-order valence-electron chi connectivity index (χ2n) is 10.9. The summed E-state index contributed by atoms with van der Waals surface area (Å²) in [5.41, 5.74) is 8.77. The van der Waals surface area contributed by atoms with Crippen LogP contribution >= 0.6 is 47.2 Å². The van der Waals surface area contributed by atoms with E-state index in [4.69, 9.17) is 50.0 Å². The van der Waals surface area contributed by atoms with Gasteiger partial charge in [-0.2, -0.15) is 0 Å². The maximum absolute atomic E-state index is 6.19. The predicted octanol–water partition coefficient (Wildman–Crippen LogP) is 8.53. The van der Waals surface area contributed by atoms with Gasteiger partial charge in [-0.3, -0.25) is 0 Å². The summed E-state index contributed by atoms with van der Waals surface area (Å²) in [5.74, 6) is 1.88. The number of para-hydroxylation sites is 4. The lowest BCUT2D eigenvalue weighted by Gasteiger charge is -2.08. The van der Waals surface area contributed by atoms with Crippen molar-refractivity contribution in [1.29, 1.82) is 0 Å². The minimum Gasteiger partial charge on any atom is -0.475 e. The van der Waals surface area contributed by atoms with Gasteiger partial charge in [0.1, 0.15) is 36.8 Å². The fourth-order valence-corrected chi connectivity index (χ4v) is 5.57. The van der Waals surface area contributed by atoms with Crippen LogP contribution in [0.2, 0.25) is 15.2 Å².